The van der Waals surface area contributed by atoms with Gasteiger partial charge in [-0.05, 0) is 68.1 Å². The second-order valence-electron chi connectivity index (χ2n) is 5.91. The van der Waals surface area contributed by atoms with Crippen molar-refractivity contribution in [3.05, 3.63) is 12.7 Å². The number of hydrogen-bond donors (Lipinski definition) is 0. The molecule has 72 valence electrons. The summed E-state index contributed by atoms with van der Waals surface area (Å²) in [5, 5.41) is 0. The van der Waals surface area contributed by atoms with E-state index in [2.05, 4.69) is 12.7 Å². The lowest BCUT2D eigenvalue weighted by atomic mass is 9.49. The molecule has 0 N–H and O–H groups in total. The Bertz CT molecular complexity index is 191. The van der Waals surface area contributed by atoms with E-state index in [1.807, 2.05) is 0 Å². The lowest BCUT2D eigenvalue weighted by Crippen LogP contribution is -2.45. The Hall–Kier alpha value is -0.260. The topological polar surface area (TPSA) is 0 Å². The van der Waals surface area contributed by atoms with E-state index in [1.54, 1.807) is 19.3 Å². The molecule has 0 heteroatoms. The van der Waals surface area contributed by atoms with Gasteiger partial charge in [0.25, 0.3) is 0 Å². The van der Waals surface area contributed by atoms with Crippen LogP contribution in [0.15, 0.2) is 12.7 Å². The van der Waals surface area contributed by atoms with Crippen LogP contribution in [-0.4, -0.2) is 0 Å². The van der Waals surface area contributed by atoms with Crippen molar-refractivity contribution >= 4 is 0 Å². The Morgan fingerprint density at radius 1 is 1.00 bits per heavy atom. The fourth-order valence-corrected chi connectivity index (χ4v) is 4.85. The van der Waals surface area contributed by atoms with Crippen LogP contribution in [0.2, 0.25) is 0 Å². The third-order valence-electron chi connectivity index (χ3n) is 4.74. The standard InChI is InChI=1S/C13H20/c1-2-3-13-7-10-4-11(8-13)6-12(5-10)9-13/h2,10-12H,1,3-9H2. The van der Waals surface area contributed by atoms with Crippen LogP contribution in [0.25, 0.3) is 0 Å². The first-order valence-corrected chi connectivity index (χ1v) is 5.90. The minimum absolute atomic E-state index is 0.733. The van der Waals surface area contributed by atoms with E-state index in [-0.39, 0.29) is 0 Å². The first kappa shape index (κ1) is 8.08. The molecule has 0 aromatic rings. The van der Waals surface area contributed by atoms with Gasteiger partial charge in [-0.3, -0.25) is 0 Å². The fraction of sp³-hybridized carbons (Fsp3) is 0.846. The molecule has 13 heavy (non-hydrogen) atoms. The van der Waals surface area contributed by atoms with Crippen molar-refractivity contribution in [2.75, 3.05) is 0 Å². The lowest BCUT2D eigenvalue weighted by molar-refractivity contribution is -0.0506. The number of rotatable bonds is 2. The molecule has 4 saturated carbocycles. The van der Waals surface area contributed by atoms with Crippen LogP contribution >= 0.6 is 0 Å². The molecule has 0 unspecified atom stereocenters. The highest BCUT2D eigenvalue weighted by molar-refractivity contribution is 5.03. The van der Waals surface area contributed by atoms with Gasteiger partial charge in [-0.1, -0.05) is 6.08 Å². The van der Waals surface area contributed by atoms with E-state index in [4.69, 9.17) is 0 Å². The molecule has 0 amide bonds. The van der Waals surface area contributed by atoms with Crippen LogP contribution in [0.3, 0.4) is 0 Å². The lowest BCUT2D eigenvalue weighted by Gasteiger charge is -2.56. The summed E-state index contributed by atoms with van der Waals surface area (Å²) >= 11 is 0. The van der Waals surface area contributed by atoms with Crippen LogP contribution in [0.1, 0.15) is 44.9 Å². The van der Waals surface area contributed by atoms with Gasteiger partial charge in [0, 0.05) is 0 Å². The summed E-state index contributed by atoms with van der Waals surface area (Å²) in [7, 11) is 0. The van der Waals surface area contributed by atoms with Crippen LogP contribution < -0.4 is 0 Å². The first-order chi connectivity index (χ1) is 6.30. The molecular formula is C13H20. The van der Waals surface area contributed by atoms with Crippen molar-refractivity contribution < 1.29 is 0 Å². The molecule has 4 aliphatic carbocycles. The molecule has 0 nitrogen and oxygen atoms in total. The van der Waals surface area contributed by atoms with E-state index in [9.17, 15) is 0 Å². The highest BCUT2D eigenvalue weighted by Gasteiger charge is 2.49. The summed E-state index contributed by atoms with van der Waals surface area (Å²) in [6.07, 6.45) is 12.8. The van der Waals surface area contributed by atoms with Gasteiger partial charge in [0.05, 0.1) is 0 Å². The molecule has 0 heterocycles. The van der Waals surface area contributed by atoms with Crippen LogP contribution in [0.4, 0.5) is 0 Å². The Labute approximate surface area is 81.4 Å². The molecule has 0 spiro atoms. The Morgan fingerprint density at radius 2 is 1.46 bits per heavy atom. The minimum atomic E-state index is 0.733. The third-order valence-corrected chi connectivity index (χ3v) is 4.74. The van der Waals surface area contributed by atoms with Crippen LogP contribution in [0.5, 0.6) is 0 Å². The average molecular weight is 176 g/mol. The van der Waals surface area contributed by atoms with E-state index in [0.717, 1.165) is 23.2 Å². The zero-order valence-corrected chi connectivity index (χ0v) is 8.47. The summed E-state index contributed by atoms with van der Waals surface area (Å²) in [5.74, 6) is 3.31. The molecule has 0 radical (unpaired) electrons. The van der Waals surface area contributed by atoms with Crippen LogP contribution in [0, 0.1) is 23.2 Å². The second kappa shape index (κ2) is 2.62. The van der Waals surface area contributed by atoms with Crippen molar-refractivity contribution in [3.63, 3.8) is 0 Å². The smallest absolute Gasteiger partial charge is 0.0255 e. The Morgan fingerprint density at radius 3 is 1.85 bits per heavy atom. The summed E-state index contributed by atoms with van der Waals surface area (Å²) in [5.41, 5.74) is 0.733. The van der Waals surface area contributed by atoms with E-state index >= 15 is 0 Å². The van der Waals surface area contributed by atoms with E-state index in [1.165, 1.54) is 25.7 Å². The van der Waals surface area contributed by atoms with Gasteiger partial charge in [-0.2, -0.15) is 0 Å². The zero-order valence-electron chi connectivity index (χ0n) is 8.47. The van der Waals surface area contributed by atoms with Crippen molar-refractivity contribution in [2.45, 2.75) is 44.9 Å². The normalized spacial score (nSPS) is 52.5. The summed E-state index contributed by atoms with van der Waals surface area (Å²) < 4.78 is 0. The summed E-state index contributed by atoms with van der Waals surface area (Å²) in [6, 6.07) is 0. The first-order valence-electron chi connectivity index (χ1n) is 5.90. The monoisotopic (exact) mass is 176 g/mol. The molecule has 4 fully saturated rings. The molecule has 0 aromatic heterocycles. The second-order valence-corrected chi connectivity index (χ2v) is 5.91. The highest BCUT2D eigenvalue weighted by atomic mass is 14.5. The van der Waals surface area contributed by atoms with Gasteiger partial charge >= 0.3 is 0 Å². The Balaban J connectivity index is 1.87. The maximum Gasteiger partial charge on any atom is -0.0255 e. The molecular weight excluding hydrogens is 156 g/mol. The largest absolute Gasteiger partial charge is 0.103 e. The van der Waals surface area contributed by atoms with Crippen molar-refractivity contribution in [1.82, 2.24) is 0 Å². The number of hydrogen-bond acceptors (Lipinski definition) is 0. The quantitative estimate of drug-likeness (QED) is 0.562. The SMILES string of the molecule is C=CCC12CC3CC(CC(C3)C1)C2. The molecule has 0 atom stereocenters. The summed E-state index contributed by atoms with van der Waals surface area (Å²) in [6.45, 7) is 3.94. The van der Waals surface area contributed by atoms with Gasteiger partial charge in [0.1, 0.15) is 0 Å². The van der Waals surface area contributed by atoms with Gasteiger partial charge < -0.3 is 0 Å². The van der Waals surface area contributed by atoms with Crippen molar-refractivity contribution in [3.8, 4) is 0 Å². The molecule has 4 bridgehead atoms. The maximum absolute atomic E-state index is 3.94. The average Bonchev–Trinajstić information content (AvgIpc) is 2.00. The predicted octanol–water partition coefficient (Wildman–Crippen LogP) is 3.78. The molecule has 0 saturated heterocycles. The van der Waals surface area contributed by atoms with Gasteiger partial charge in [0.15, 0.2) is 0 Å². The third kappa shape index (κ3) is 1.18. The number of allylic oxidation sites excluding steroid dienone is 1. The molecule has 0 aromatic carbocycles. The van der Waals surface area contributed by atoms with Gasteiger partial charge in [-0.25, -0.2) is 0 Å². The van der Waals surface area contributed by atoms with Crippen LogP contribution in [-0.2, 0) is 0 Å². The van der Waals surface area contributed by atoms with Gasteiger partial charge in [0.2, 0.25) is 0 Å². The van der Waals surface area contributed by atoms with E-state index < -0.39 is 0 Å². The Kier molecular flexibility index (Phi) is 1.63. The van der Waals surface area contributed by atoms with Crippen molar-refractivity contribution in [2.24, 2.45) is 23.2 Å². The van der Waals surface area contributed by atoms with E-state index in [0.29, 0.717) is 0 Å². The zero-order chi connectivity index (χ0) is 8.89. The minimum Gasteiger partial charge on any atom is -0.103 e. The highest BCUT2D eigenvalue weighted by Crippen LogP contribution is 2.61. The predicted molar refractivity (Wildman–Crippen MR) is 55.4 cm³/mol. The fourth-order valence-electron chi connectivity index (χ4n) is 4.85. The summed E-state index contributed by atoms with van der Waals surface area (Å²) in [4.78, 5) is 0. The molecule has 0 aliphatic heterocycles. The maximum atomic E-state index is 3.94. The molecule has 4 aliphatic rings. The molecule has 4 rings (SSSR count). The van der Waals surface area contributed by atoms with Crippen molar-refractivity contribution in [1.29, 1.82) is 0 Å². The van der Waals surface area contributed by atoms with Gasteiger partial charge in [-0.15, -0.1) is 6.58 Å².